The molecule has 0 nitrogen and oxygen atoms in total. The first-order chi connectivity index (χ1) is 13.1. The molecule has 0 unspecified atom stereocenters. The second-order valence-electron chi connectivity index (χ2n) is 10.3. The zero-order chi connectivity index (χ0) is 18.9. The normalized spacial score (nSPS) is 38.7. The van der Waals surface area contributed by atoms with E-state index in [1.165, 1.54) is 88.2 Å². The lowest BCUT2D eigenvalue weighted by Crippen LogP contribution is -2.35. The molecule has 0 heteroatoms. The van der Waals surface area contributed by atoms with Crippen molar-refractivity contribution >= 4 is 0 Å². The van der Waals surface area contributed by atoms with Crippen molar-refractivity contribution in [2.45, 2.75) is 90.9 Å². The SMILES string of the molecule is C=C1CCCC/C1=C/C=C1\CCC[C@]2(C)[C@@H]([C@H](C)/C=C/CC3CC3)CC[C@@H]12. The fourth-order valence-corrected chi connectivity index (χ4v) is 6.52. The van der Waals surface area contributed by atoms with Crippen molar-refractivity contribution in [3.63, 3.8) is 0 Å². The monoisotopic (exact) mass is 364 g/mol. The molecule has 0 aliphatic heterocycles. The summed E-state index contributed by atoms with van der Waals surface area (Å²) in [6.45, 7) is 9.43. The summed E-state index contributed by atoms with van der Waals surface area (Å²) in [6.07, 6.45) is 26.5. The zero-order valence-corrected chi connectivity index (χ0v) is 17.8. The Balaban J connectivity index is 1.46. The van der Waals surface area contributed by atoms with Gasteiger partial charge in [-0.15, -0.1) is 0 Å². The number of rotatable bonds is 5. The molecule has 27 heavy (non-hydrogen) atoms. The van der Waals surface area contributed by atoms with E-state index in [9.17, 15) is 0 Å². The van der Waals surface area contributed by atoms with Crippen LogP contribution >= 0.6 is 0 Å². The Bertz CT molecular complexity index is 641. The molecule has 0 saturated heterocycles. The van der Waals surface area contributed by atoms with Gasteiger partial charge in [-0.3, -0.25) is 0 Å². The van der Waals surface area contributed by atoms with Crippen molar-refractivity contribution < 1.29 is 0 Å². The molecule has 4 aliphatic rings. The van der Waals surface area contributed by atoms with Gasteiger partial charge in [-0.1, -0.05) is 55.9 Å². The average molecular weight is 365 g/mol. The molecule has 4 aliphatic carbocycles. The molecule has 4 fully saturated rings. The first kappa shape index (κ1) is 19.3. The molecule has 0 radical (unpaired) electrons. The van der Waals surface area contributed by atoms with Gasteiger partial charge in [0.15, 0.2) is 0 Å². The Morgan fingerprint density at radius 2 is 1.85 bits per heavy atom. The fourth-order valence-electron chi connectivity index (χ4n) is 6.52. The van der Waals surface area contributed by atoms with E-state index in [2.05, 4.69) is 44.7 Å². The highest BCUT2D eigenvalue weighted by molar-refractivity contribution is 5.35. The lowest BCUT2D eigenvalue weighted by Gasteiger charge is -2.44. The molecule has 0 aromatic heterocycles. The van der Waals surface area contributed by atoms with Crippen molar-refractivity contribution in [1.82, 2.24) is 0 Å². The second kappa shape index (κ2) is 8.14. The molecule has 0 aromatic rings. The third-order valence-electron chi connectivity index (χ3n) is 8.41. The van der Waals surface area contributed by atoms with Gasteiger partial charge in [-0.05, 0) is 112 Å². The summed E-state index contributed by atoms with van der Waals surface area (Å²) >= 11 is 0. The molecule has 4 rings (SSSR count). The van der Waals surface area contributed by atoms with Crippen LogP contribution in [0.1, 0.15) is 90.9 Å². The summed E-state index contributed by atoms with van der Waals surface area (Å²) in [6, 6.07) is 0. The Hall–Kier alpha value is -1.04. The van der Waals surface area contributed by atoms with Crippen LogP contribution in [0.15, 0.2) is 47.6 Å². The molecule has 4 atom stereocenters. The van der Waals surface area contributed by atoms with E-state index in [-0.39, 0.29) is 0 Å². The number of hydrogen-bond acceptors (Lipinski definition) is 0. The van der Waals surface area contributed by atoms with Gasteiger partial charge in [0.2, 0.25) is 0 Å². The minimum atomic E-state index is 0.523. The van der Waals surface area contributed by atoms with Crippen molar-refractivity contribution in [3.8, 4) is 0 Å². The average Bonchev–Trinajstić information content (AvgIpc) is 3.40. The van der Waals surface area contributed by atoms with Crippen molar-refractivity contribution in [2.75, 3.05) is 0 Å². The number of allylic oxidation sites excluding steroid dienone is 7. The van der Waals surface area contributed by atoms with Gasteiger partial charge in [0.25, 0.3) is 0 Å². The minimum Gasteiger partial charge on any atom is -0.0956 e. The molecule has 0 aromatic carbocycles. The maximum atomic E-state index is 4.31. The van der Waals surface area contributed by atoms with Crippen LogP contribution in [0.2, 0.25) is 0 Å². The summed E-state index contributed by atoms with van der Waals surface area (Å²) in [5, 5.41) is 0. The number of fused-ring (bicyclic) bond motifs is 1. The van der Waals surface area contributed by atoms with Gasteiger partial charge in [-0.2, -0.15) is 0 Å². The second-order valence-corrected chi connectivity index (χ2v) is 10.3. The molecular formula is C27H40. The fraction of sp³-hybridized carbons (Fsp3) is 0.704. The third-order valence-corrected chi connectivity index (χ3v) is 8.41. The van der Waals surface area contributed by atoms with Crippen molar-refractivity contribution in [3.05, 3.63) is 47.6 Å². The molecular weight excluding hydrogens is 324 g/mol. The van der Waals surface area contributed by atoms with Crippen LogP contribution < -0.4 is 0 Å². The Labute approximate surface area is 167 Å². The molecule has 0 N–H and O–H groups in total. The van der Waals surface area contributed by atoms with Crippen LogP contribution in [0.3, 0.4) is 0 Å². The van der Waals surface area contributed by atoms with Crippen LogP contribution in [0.4, 0.5) is 0 Å². The first-order valence-corrected chi connectivity index (χ1v) is 11.8. The predicted octanol–water partition coefficient (Wildman–Crippen LogP) is 8.18. The smallest absolute Gasteiger partial charge is 0.0143 e. The topological polar surface area (TPSA) is 0 Å². The highest BCUT2D eigenvalue weighted by atomic mass is 14.5. The van der Waals surface area contributed by atoms with Gasteiger partial charge >= 0.3 is 0 Å². The van der Waals surface area contributed by atoms with Crippen LogP contribution in [-0.4, -0.2) is 0 Å². The van der Waals surface area contributed by atoms with E-state index in [0.717, 1.165) is 23.7 Å². The maximum Gasteiger partial charge on any atom is -0.0143 e. The van der Waals surface area contributed by atoms with E-state index in [0.29, 0.717) is 5.41 Å². The van der Waals surface area contributed by atoms with Gasteiger partial charge in [0, 0.05) is 0 Å². The minimum absolute atomic E-state index is 0.523. The lowest BCUT2D eigenvalue weighted by atomic mass is 9.61. The lowest BCUT2D eigenvalue weighted by molar-refractivity contribution is 0.112. The highest BCUT2D eigenvalue weighted by Gasteiger charge is 2.50. The summed E-state index contributed by atoms with van der Waals surface area (Å²) < 4.78 is 0. The van der Waals surface area contributed by atoms with Crippen LogP contribution in [0.5, 0.6) is 0 Å². The van der Waals surface area contributed by atoms with Crippen molar-refractivity contribution in [1.29, 1.82) is 0 Å². The highest BCUT2D eigenvalue weighted by Crippen LogP contribution is 2.59. The van der Waals surface area contributed by atoms with Gasteiger partial charge in [0.05, 0.1) is 0 Å². The van der Waals surface area contributed by atoms with Gasteiger partial charge in [0.1, 0.15) is 0 Å². The van der Waals surface area contributed by atoms with Gasteiger partial charge < -0.3 is 0 Å². The molecule has 0 amide bonds. The summed E-state index contributed by atoms with van der Waals surface area (Å²) in [4.78, 5) is 0. The van der Waals surface area contributed by atoms with Crippen LogP contribution in [0.25, 0.3) is 0 Å². The molecule has 0 spiro atoms. The first-order valence-electron chi connectivity index (χ1n) is 11.8. The summed E-state index contributed by atoms with van der Waals surface area (Å²) in [7, 11) is 0. The molecule has 0 bridgehead atoms. The Morgan fingerprint density at radius 1 is 1.04 bits per heavy atom. The summed E-state index contributed by atoms with van der Waals surface area (Å²) in [5.41, 5.74) is 5.21. The molecule has 148 valence electrons. The predicted molar refractivity (Wildman–Crippen MR) is 118 cm³/mol. The summed E-state index contributed by atoms with van der Waals surface area (Å²) in [5.74, 6) is 3.46. The van der Waals surface area contributed by atoms with E-state index in [4.69, 9.17) is 0 Å². The van der Waals surface area contributed by atoms with Gasteiger partial charge in [-0.25, -0.2) is 0 Å². The third kappa shape index (κ3) is 4.20. The number of hydrogen-bond donors (Lipinski definition) is 0. The zero-order valence-electron chi connectivity index (χ0n) is 17.8. The van der Waals surface area contributed by atoms with E-state index < -0.39 is 0 Å². The molecule has 0 heterocycles. The molecule has 4 saturated carbocycles. The maximum absolute atomic E-state index is 4.31. The Morgan fingerprint density at radius 3 is 2.63 bits per heavy atom. The van der Waals surface area contributed by atoms with Crippen LogP contribution in [0, 0.1) is 29.1 Å². The standard InChI is InChI=1S/C27H40/c1-20-8-4-5-11-23(20)15-16-24-12-7-19-27(3)25(17-18-26(24)27)21(2)9-6-10-22-13-14-22/h6,9,15-16,21-22,25-26H,1,4-5,7-8,10-14,17-19H2,2-3H3/b9-6+,23-15-,24-16+/t21-,25-,26+,27-/m1/s1. The van der Waals surface area contributed by atoms with E-state index in [1.807, 2.05) is 0 Å². The Kier molecular flexibility index (Phi) is 5.81. The van der Waals surface area contributed by atoms with Crippen LogP contribution in [-0.2, 0) is 0 Å². The largest absolute Gasteiger partial charge is 0.0956 e. The van der Waals surface area contributed by atoms with Crippen molar-refractivity contribution in [2.24, 2.45) is 29.1 Å². The van der Waals surface area contributed by atoms with E-state index >= 15 is 0 Å². The quantitative estimate of drug-likeness (QED) is 0.431. The van der Waals surface area contributed by atoms with E-state index in [1.54, 1.807) is 5.57 Å².